The monoisotopic (exact) mass is 219 g/mol. The van der Waals surface area contributed by atoms with Crippen molar-refractivity contribution in [3.63, 3.8) is 0 Å². The van der Waals surface area contributed by atoms with Gasteiger partial charge in [0.1, 0.15) is 17.5 Å². The number of nitrogen functional groups attached to an aromatic ring is 1. The summed E-state index contributed by atoms with van der Waals surface area (Å²) in [4.78, 5) is 0. The molecule has 0 spiro atoms. The summed E-state index contributed by atoms with van der Waals surface area (Å²) < 4.78 is 35.4. The molecule has 0 saturated carbocycles. The van der Waals surface area contributed by atoms with E-state index in [1.54, 1.807) is 6.07 Å². The number of halogens is 3. The van der Waals surface area contributed by atoms with Crippen LogP contribution in [-0.4, -0.2) is 22.9 Å². The van der Waals surface area contributed by atoms with Crippen molar-refractivity contribution in [3.05, 3.63) is 5.56 Å². The van der Waals surface area contributed by atoms with Crippen molar-refractivity contribution in [1.82, 2.24) is 10.2 Å². The van der Waals surface area contributed by atoms with Gasteiger partial charge in [-0.15, -0.1) is 0 Å². The standard InChI is InChI=1S/C7H8F3N5/c8-7(9,10)1-2-13-6-4(3-11)5(12)14-15-6/h1-2H2,(H4,12,13,14,15). The van der Waals surface area contributed by atoms with Crippen LogP contribution >= 0.6 is 0 Å². The number of nitrogens with one attached hydrogen (secondary N) is 2. The van der Waals surface area contributed by atoms with E-state index in [9.17, 15) is 13.2 Å². The van der Waals surface area contributed by atoms with Gasteiger partial charge in [-0.25, -0.2) is 0 Å². The number of anilines is 2. The molecule has 0 aliphatic rings. The number of H-pyrrole nitrogens is 1. The van der Waals surface area contributed by atoms with Crippen molar-refractivity contribution < 1.29 is 13.2 Å². The maximum absolute atomic E-state index is 11.8. The van der Waals surface area contributed by atoms with Gasteiger partial charge >= 0.3 is 6.18 Å². The van der Waals surface area contributed by atoms with E-state index in [0.717, 1.165) is 0 Å². The zero-order valence-electron chi connectivity index (χ0n) is 7.52. The first-order valence-electron chi connectivity index (χ1n) is 3.98. The normalized spacial score (nSPS) is 11.1. The molecule has 8 heteroatoms. The number of nitrogens with zero attached hydrogens (tertiary/aromatic N) is 2. The second kappa shape index (κ2) is 4.08. The summed E-state index contributed by atoms with van der Waals surface area (Å²) in [5, 5.41) is 16.8. The Bertz CT molecular complexity index is 375. The molecule has 0 saturated heterocycles. The Morgan fingerprint density at radius 2 is 2.20 bits per heavy atom. The topological polar surface area (TPSA) is 90.5 Å². The first-order chi connectivity index (χ1) is 6.94. The van der Waals surface area contributed by atoms with Crippen LogP contribution in [0.5, 0.6) is 0 Å². The Balaban J connectivity index is 2.56. The van der Waals surface area contributed by atoms with E-state index in [1.807, 2.05) is 0 Å². The average molecular weight is 219 g/mol. The summed E-state index contributed by atoms with van der Waals surface area (Å²) >= 11 is 0. The summed E-state index contributed by atoms with van der Waals surface area (Å²) in [6, 6.07) is 1.73. The second-order valence-electron chi connectivity index (χ2n) is 2.76. The average Bonchev–Trinajstić information content (AvgIpc) is 2.44. The highest BCUT2D eigenvalue weighted by Gasteiger charge is 2.26. The molecule has 0 aromatic carbocycles. The van der Waals surface area contributed by atoms with Crippen LogP contribution in [-0.2, 0) is 0 Å². The molecule has 1 rings (SSSR count). The smallest absolute Gasteiger partial charge is 0.383 e. The van der Waals surface area contributed by atoms with Gasteiger partial charge in [-0.1, -0.05) is 0 Å². The number of hydrogen-bond donors (Lipinski definition) is 3. The molecule has 4 N–H and O–H groups in total. The van der Waals surface area contributed by atoms with E-state index < -0.39 is 12.6 Å². The van der Waals surface area contributed by atoms with Crippen molar-refractivity contribution in [1.29, 1.82) is 5.26 Å². The molecule has 0 aliphatic heterocycles. The fourth-order valence-electron chi connectivity index (χ4n) is 0.919. The summed E-state index contributed by atoms with van der Waals surface area (Å²) in [5.41, 5.74) is 5.33. The van der Waals surface area contributed by atoms with Crippen molar-refractivity contribution in [2.45, 2.75) is 12.6 Å². The summed E-state index contributed by atoms with van der Waals surface area (Å²) in [7, 11) is 0. The van der Waals surface area contributed by atoms with E-state index in [-0.39, 0.29) is 23.7 Å². The Morgan fingerprint density at radius 3 is 2.73 bits per heavy atom. The number of nitriles is 1. The number of hydrogen-bond acceptors (Lipinski definition) is 4. The van der Waals surface area contributed by atoms with E-state index >= 15 is 0 Å². The van der Waals surface area contributed by atoms with E-state index in [2.05, 4.69) is 15.5 Å². The minimum Gasteiger partial charge on any atom is -0.383 e. The highest BCUT2D eigenvalue weighted by atomic mass is 19.4. The van der Waals surface area contributed by atoms with Gasteiger partial charge in [0, 0.05) is 6.54 Å². The van der Waals surface area contributed by atoms with Crippen molar-refractivity contribution in [2.24, 2.45) is 0 Å². The van der Waals surface area contributed by atoms with Crippen LogP contribution in [0.3, 0.4) is 0 Å². The van der Waals surface area contributed by atoms with Crippen LogP contribution < -0.4 is 11.1 Å². The molecule has 0 aliphatic carbocycles. The molecule has 0 fully saturated rings. The Labute approximate surface area is 83.1 Å². The van der Waals surface area contributed by atoms with E-state index in [4.69, 9.17) is 11.0 Å². The van der Waals surface area contributed by atoms with Gasteiger partial charge < -0.3 is 11.1 Å². The maximum atomic E-state index is 11.8. The number of alkyl halides is 3. The van der Waals surface area contributed by atoms with Crippen molar-refractivity contribution in [2.75, 3.05) is 17.6 Å². The van der Waals surface area contributed by atoms with Crippen molar-refractivity contribution >= 4 is 11.6 Å². The lowest BCUT2D eigenvalue weighted by Gasteiger charge is -2.06. The molecular weight excluding hydrogens is 211 g/mol. The molecule has 5 nitrogen and oxygen atoms in total. The van der Waals surface area contributed by atoms with Gasteiger partial charge in [0.25, 0.3) is 0 Å². The summed E-state index contributed by atoms with van der Waals surface area (Å²) in [6.45, 7) is -0.345. The summed E-state index contributed by atoms with van der Waals surface area (Å²) in [5.74, 6) is 0.0752. The maximum Gasteiger partial charge on any atom is 0.390 e. The Morgan fingerprint density at radius 1 is 1.53 bits per heavy atom. The fourth-order valence-corrected chi connectivity index (χ4v) is 0.919. The van der Waals surface area contributed by atoms with Gasteiger partial charge in [-0.2, -0.15) is 23.5 Å². The molecular formula is C7H8F3N5. The Hall–Kier alpha value is -1.91. The number of nitrogens with two attached hydrogens (primary N) is 1. The number of aromatic nitrogens is 2. The lowest BCUT2D eigenvalue weighted by molar-refractivity contribution is -0.131. The van der Waals surface area contributed by atoms with Gasteiger partial charge in [-0.3, -0.25) is 5.10 Å². The first kappa shape index (κ1) is 11.2. The molecule has 15 heavy (non-hydrogen) atoms. The van der Waals surface area contributed by atoms with Gasteiger partial charge in [0.15, 0.2) is 5.82 Å². The first-order valence-corrected chi connectivity index (χ1v) is 3.98. The number of rotatable bonds is 3. The largest absolute Gasteiger partial charge is 0.390 e. The van der Waals surface area contributed by atoms with E-state index in [0.29, 0.717) is 0 Å². The molecule has 0 amide bonds. The third kappa shape index (κ3) is 3.05. The highest BCUT2D eigenvalue weighted by Crippen LogP contribution is 2.21. The minimum absolute atomic E-state index is 0.0252. The van der Waals surface area contributed by atoms with Crippen LogP contribution in [0.1, 0.15) is 12.0 Å². The molecule has 0 bridgehead atoms. The van der Waals surface area contributed by atoms with Gasteiger partial charge in [-0.05, 0) is 0 Å². The molecule has 1 aromatic heterocycles. The molecule has 1 aromatic rings. The van der Waals surface area contributed by atoms with Crippen LogP contribution in [0.15, 0.2) is 0 Å². The van der Waals surface area contributed by atoms with Crippen LogP contribution in [0, 0.1) is 11.3 Å². The predicted molar refractivity (Wildman–Crippen MR) is 46.9 cm³/mol. The number of aromatic amines is 1. The zero-order chi connectivity index (χ0) is 11.5. The molecule has 1 heterocycles. The van der Waals surface area contributed by atoms with Crippen LogP contribution in [0.25, 0.3) is 0 Å². The SMILES string of the molecule is N#Cc1c(NCCC(F)(F)F)n[nH]c1N. The highest BCUT2D eigenvalue weighted by molar-refractivity contribution is 5.62. The Kier molecular flexibility index (Phi) is 3.04. The van der Waals surface area contributed by atoms with Crippen LogP contribution in [0.2, 0.25) is 0 Å². The quantitative estimate of drug-likeness (QED) is 0.713. The molecule has 0 atom stereocenters. The molecule has 0 radical (unpaired) electrons. The third-order valence-corrected chi connectivity index (χ3v) is 1.61. The van der Waals surface area contributed by atoms with Crippen molar-refractivity contribution in [3.8, 4) is 6.07 Å². The fraction of sp³-hybridized carbons (Fsp3) is 0.429. The van der Waals surface area contributed by atoms with Gasteiger partial charge in [0.2, 0.25) is 0 Å². The lowest BCUT2D eigenvalue weighted by Crippen LogP contribution is -2.15. The van der Waals surface area contributed by atoms with Gasteiger partial charge in [0.05, 0.1) is 6.42 Å². The lowest BCUT2D eigenvalue weighted by atomic mass is 10.3. The third-order valence-electron chi connectivity index (χ3n) is 1.61. The predicted octanol–water partition coefficient (Wildman–Crippen LogP) is 1.23. The second-order valence-corrected chi connectivity index (χ2v) is 2.76. The zero-order valence-corrected chi connectivity index (χ0v) is 7.52. The minimum atomic E-state index is -4.23. The van der Waals surface area contributed by atoms with E-state index in [1.165, 1.54) is 0 Å². The summed E-state index contributed by atoms with van der Waals surface area (Å²) in [6.07, 6.45) is -5.23. The molecule has 0 unspecified atom stereocenters. The molecule has 82 valence electrons. The van der Waals surface area contributed by atoms with Crippen LogP contribution in [0.4, 0.5) is 24.8 Å².